The van der Waals surface area contributed by atoms with Crippen LogP contribution < -0.4 is 10.6 Å². The van der Waals surface area contributed by atoms with Crippen LogP contribution in [-0.4, -0.2) is 24.2 Å². The molecule has 0 saturated carbocycles. The molecule has 1 aromatic rings. The Balaban J connectivity index is 3.00. The molecular formula is C13H20N2O2. The molecule has 17 heavy (non-hydrogen) atoms. The molecule has 3 N–H and O–H groups in total. The first-order valence-electron chi connectivity index (χ1n) is 5.97. The van der Waals surface area contributed by atoms with Gasteiger partial charge in [-0.2, -0.15) is 0 Å². The molecule has 0 aliphatic heterocycles. The first-order chi connectivity index (χ1) is 8.10. The van der Waals surface area contributed by atoms with Crippen molar-refractivity contribution in [3.63, 3.8) is 0 Å². The Bertz CT molecular complexity index is 391. The summed E-state index contributed by atoms with van der Waals surface area (Å²) in [7, 11) is 0. The topological polar surface area (TPSA) is 66.6 Å². The lowest BCUT2D eigenvalue weighted by Crippen LogP contribution is -2.25. The van der Waals surface area contributed by atoms with Gasteiger partial charge in [-0.3, -0.25) is 0 Å². The molecule has 0 aliphatic rings. The summed E-state index contributed by atoms with van der Waals surface area (Å²) in [6.07, 6.45) is 2.18. The minimum Gasteiger partial charge on any atom is -0.478 e. The number of carbonyl (C=O) groups is 1. The van der Waals surface area contributed by atoms with Gasteiger partial charge < -0.3 is 15.7 Å². The second-order valence-corrected chi connectivity index (χ2v) is 4.01. The summed E-state index contributed by atoms with van der Waals surface area (Å²) in [5.41, 5.74) is 7.64. The van der Waals surface area contributed by atoms with E-state index in [1.807, 2.05) is 6.92 Å². The quantitative estimate of drug-likeness (QED) is 0.745. The van der Waals surface area contributed by atoms with Crippen LogP contribution in [0.1, 0.15) is 37.0 Å². The van der Waals surface area contributed by atoms with Gasteiger partial charge in [-0.05, 0) is 31.5 Å². The van der Waals surface area contributed by atoms with Crippen molar-refractivity contribution in [2.24, 2.45) is 0 Å². The van der Waals surface area contributed by atoms with Crippen molar-refractivity contribution in [2.75, 3.05) is 23.7 Å². The normalized spacial score (nSPS) is 10.2. The highest BCUT2D eigenvalue weighted by Gasteiger charge is 2.11. The second-order valence-electron chi connectivity index (χ2n) is 4.01. The zero-order valence-electron chi connectivity index (χ0n) is 10.4. The average molecular weight is 236 g/mol. The summed E-state index contributed by atoms with van der Waals surface area (Å²) in [5.74, 6) is -0.919. The highest BCUT2D eigenvalue weighted by molar-refractivity contribution is 5.90. The van der Waals surface area contributed by atoms with Gasteiger partial charge in [0.1, 0.15) is 0 Å². The Labute approximate surface area is 102 Å². The summed E-state index contributed by atoms with van der Waals surface area (Å²) in [6, 6.07) is 4.85. The zero-order chi connectivity index (χ0) is 12.8. The predicted octanol–water partition coefficient (Wildman–Crippen LogP) is 2.59. The molecule has 4 heteroatoms. The number of hydrogen-bond donors (Lipinski definition) is 2. The Morgan fingerprint density at radius 2 is 2.12 bits per heavy atom. The van der Waals surface area contributed by atoms with Crippen molar-refractivity contribution in [1.82, 2.24) is 0 Å². The van der Waals surface area contributed by atoms with E-state index in [2.05, 4.69) is 11.8 Å². The third-order valence-corrected chi connectivity index (χ3v) is 2.78. The molecule has 0 atom stereocenters. The molecule has 4 nitrogen and oxygen atoms in total. The van der Waals surface area contributed by atoms with Crippen LogP contribution in [-0.2, 0) is 0 Å². The van der Waals surface area contributed by atoms with Gasteiger partial charge in [-0.1, -0.05) is 13.3 Å². The molecule has 0 bridgehead atoms. The van der Waals surface area contributed by atoms with Gasteiger partial charge in [0.25, 0.3) is 0 Å². The number of rotatable bonds is 6. The van der Waals surface area contributed by atoms with Gasteiger partial charge >= 0.3 is 5.97 Å². The van der Waals surface area contributed by atoms with Crippen molar-refractivity contribution in [3.05, 3.63) is 23.8 Å². The summed E-state index contributed by atoms with van der Waals surface area (Å²) in [4.78, 5) is 13.0. The minimum absolute atomic E-state index is 0.282. The summed E-state index contributed by atoms with van der Waals surface area (Å²) in [5, 5.41) is 8.97. The fraction of sp³-hybridized carbons (Fsp3) is 0.462. The minimum atomic E-state index is -0.919. The molecule has 94 valence electrons. The van der Waals surface area contributed by atoms with Crippen LogP contribution in [0.4, 0.5) is 11.4 Å². The zero-order valence-corrected chi connectivity index (χ0v) is 10.4. The number of nitrogens with two attached hydrogens (primary N) is 1. The Morgan fingerprint density at radius 1 is 1.41 bits per heavy atom. The molecule has 0 spiro atoms. The lowest BCUT2D eigenvalue weighted by molar-refractivity contribution is 0.0697. The molecule has 0 aliphatic carbocycles. The molecule has 1 rings (SSSR count). The lowest BCUT2D eigenvalue weighted by atomic mass is 10.1. The van der Waals surface area contributed by atoms with E-state index in [9.17, 15) is 4.79 Å². The summed E-state index contributed by atoms with van der Waals surface area (Å²) in [6.45, 7) is 5.90. The largest absolute Gasteiger partial charge is 0.478 e. The number of hydrogen-bond acceptors (Lipinski definition) is 3. The second kappa shape index (κ2) is 6.13. The van der Waals surface area contributed by atoms with E-state index >= 15 is 0 Å². The molecule has 0 fully saturated rings. The van der Waals surface area contributed by atoms with Crippen molar-refractivity contribution < 1.29 is 9.90 Å². The predicted molar refractivity (Wildman–Crippen MR) is 70.6 cm³/mol. The van der Waals surface area contributed by atoms with Crippen LogP contribution >= 0.6 is 0 Å². The third-order valence-electron chi connectivity index (χ3n) is 2.78. The highest BCUT2D eigenvalue weighted by Crippen LogP contribution is 2.25. The van der Waals surface area contributed by atoms with Crippen molar-refractivity contribution in [3.8, 4) is 0 Å². The van der Waals surface area contributed by atoms with E-state index in [4.69, 9.17) is 10.8 Å². The fourth-order valence-corrected chi connectivity index (χ4v) is 1.75. The third kappa shape index (κ3) is 3.37. The molecule has 0 heterocycles. The molecule has 0 saturated heterocycles. The van der Waals surface area contributed by atoms with Crippen molar-refractivity contribution in [1.29, 1.82) is 0 Å². The van der Waals surface area contributed by atoms with Crippen LogP contribution in [0.25, 0.3) is 0 Å². The van der Waals surface area contributed by atoms with Crippen LogP contribution in [0.15, 0.2) is 18.2 Å². The van der Waals surface area contributed by atoms with Gasteiger partial charge in [0, 0.05) is 13.1 Å². The van der Waals surface area contributed by atoms with E-state index in [0.29, 0.717) is 5.69 Å². The van der Waals surface area contributed by atoms with Gasteiger partial charge in [-0.15, -0.1) is 0 Å². The number of unbranched alkanes of at least 4 members (excludes halogenated alkanes) is 1. The standard InChI is InChI=1S/C13H20N2O2/c1-3-5-8-15(4-2)12-9-10(13(16)17)6-7-11(12)14/h6-7,9H,3-5,8,14H2,1-2H3,(H,16,17). The maximum Gasteiger partial charge on any atom is 0.335 e. The van der Waals surface area contributed by atoms with Gasteiger partial charge in [0.15, 0.2) is 0 Å². The maximum absolute atomic E-state index is 10.9. The van der Waals surface area contributed by atoms with Crippen molar-refractivity contribution >= 4 is 17.3 Å². The molecular weight excluding hydrogens is 216 g/mol. The van der Waals surface area contributed by atoms with Crippen LogP contribution in [0.5, 0.6) is 0 Å². The first kappa shape index (κ1) is 13.4. The van der Waals surface area contributed by atoms with Gasteiger partial charge in [0.05, 0.1) is 16.9 Å². The number of nitrogen functional groups attached to an aromatic ring is 1. The van der Waals surface area contributed by atoms with Gasteiger partial charge in [0.2, 0.25) is 0 Å². The molecule has 0 aromatic heterocycles. The van der Waals surface area contributed by atoms with Crippen LogP contribution in [0.3, 0.4) is 0 Å². The van der Waals surface area contributed by atoms with E-state index in [-0.39, 0.29) is 5.56 Å². The van der Waals surface area contributed by atoms with Crippen LogP contribution in [0, 0.1) is 0 Å². The molecule has 0 amide bonds. The SMILES string of the molecule is CCCCN(CC)c1cc(C(=O)O)ccc1N. The van der Waals surface area contributed by atoms with E-state index in [1.165, 1.54) is 6.07 Å². The van der Waals surface area contributed by atoms with E-state index in [1.54, 1.807) is 12.1 Å². The van der Waals surface area contributed by atoms with E-state index in [0.717, 1.165) is 31.6 Å². The number of nitrogens with zero attached hydrogens (tertiary/aromatic N) is 1. The number of carboxylic acids is 1. The maximum atomic E-state index is 10.9. The number of anilines is 2. The molecule has 1 aromatic carbocycles. The number of carboxylic acid groups (broad SMARTS) is 1. The summed E-state index contributed by atoms with van der Waals surface area (Å²) >= 11 is 0. The summed E-state index contributed by atoms with van der Waals surface area (Å²) < 4.78 is 0. The monoisotopic (exact) mass is 236 g/mol. The van der Waals surface area contributed by atoms with Crippen molar-refractivity contribution in [2.45, 2.75) is 26.7 Å². The van der Waals surface area contributed by atoms with Crippen LogP contribution in [0.2, 0.25) is 0 Å². The smallest absolute Gasteiger partial charge is 0.335 e. The first-order valence-corrected chi connectivity index (χ1v) is 5.97. The molecule has 0 unspecified atom stereocenters. The van der Waals surface area contributed by atoms with Gasteiger partial charge in [-0.25, -0.2) is 4.79 Å². The highest BCUT2D eigenvalue weighted by atomic mass is 16.4. The lowest BCUT2D eigenvalue weighted by Gasteiger charge is -2.24. The molecule has 0 radical (unpaired) electrons. The number of benzene rings is 1. The fourth-order valence-electron chi connectivity index (χ4n) is 1.75. The Hall–Kier alpha value is -1.71. The van der Waals surface area contributed by atoms with E-state index < -0.39 is 5.97 Å². The average Bonchev–Trinajstić information content (AvgIpc) is 2.31. The Kier molecular flexibility index (Phi) is 4.82. The Morgan fingerprint density at radius 3 is 2.65 bits per heavy atom. The number of aromatic carboxylic acids is 1.